The lowest BCUT2D eigenvalue weighted by atomic mass is 10.0. The fourth-order valence-electron chi connectivity index (χ4n) is 1.42. The number of benzene rings is 1. The van der Waals surface area contributed by atoms with Crippen molar-refractivity contribution in [2.45, 2.75) is 18.9 Å². The summed E-state index contributed by atoms with van der Waals surface area (Å²) >= 11 is 3.44. The fraction of sp³-hybridized carbons (Fsp3) is 0.455. The van der Waals surface area contributed by atoms with Gasteiger partial charge in [-0.3, -0.25) is 0 Å². The molecule has 0 bridgehead atoms. The molecule has 0 saturated heterocycles. The Hall–Kier alpha value is -0.580. The van der Waals surface area contributed by atoms with Gasteiger partial charge in [-0.25, -0.2) is 0 Å². The van der Waals surface area contributed by atoms with Crippen LogP contribution in [0.1, 0.15) is 24.4 Å². The van der Waals surface area contributed by atoms with Crippen LogP contribution < -0.4 is 16.2 Å². The van der Waals surface area contributed by atoms with Crippen LogP contribution in [0.4, 0.5) is 0 Å². The Morgan fingerprint density at radius 2 is 2.20 bits per heavy atom. The van der Waals surface area contributed by atoms with Crippen molar-refractivity contribution in [3.8, 4) is 5.75 Å². The number of rotatable bonds is 5. The third kappa shape index (κ3) is 3.48. The van der Waals surface area contributed by atoms with E-state index in [0.717, 1.165) is 28.6 Å². The predicted octanol–water partition coefficient (Wildman–Crippen LogP) is 2.20. The zero-order valence-corrected chi connectivity index (χ0v) is 10.5. The predicted molar refractivity (Wildman–Crippen MR) is 65.9 cm³/mol. The summed E-state index contributed by atoms with van der Waals surface area (Å²) in [5, 5.41) is 0. The van der Waals surface area contributed by atoms with Crippen LogP contribution in [-0.4, -0.2) is 13.7 Å². The quantitative estimate of drug-likeness (QED) is 0.864. The summed E-state index contributed by atoms with van der Waals surface area (Å²) in [5.41, 5.74) is 12.6. The van der Waals surface area contributed by atoms with E-state index in [9.17, 15) is 0 Å². The zero-order valence-electron chi connectivity index (χ0n) is 8.87. The smallest absolute Gasteiger partial charge is 0.133 e. The molecule has 1 rings (SSSR count). The van der Waals surface area contributed by atoms with E-state index in [2.05, 4.69) is 15.9 Å². The van der Waals surface area contributed by atoms with E-state index in [4.69, 9.17) is 16.2 Å². The summed E-state index contributed by atoms with van der Waals surface area (Å²) in [7, 11) is 1.65. The van der Waals surface area contributed by atoms with Crippen molar-refractivity contribution in [1.82, 2.24) is 0 Å². The fourth-order valence-corrected chi connectivity index (χ4v) is 1.98. The van der Waals surface area contributed by atoms with Gasteiger partial charge in [0, 0.05) is 6.04 Å². The first-order chi connectivity index (χ1) is 7.19. The summed E-state index contributed by atoms with van der Waals surface area (Å²) in [6.45, 7) is 0.686. The number of nitrogens with two attached hydrogens (primary N) is 2. The highest BCUT2D eigenvalue weighted by Gasteiger charge is 2.08. The molecule has 1 aromatic carbocycles. The van der Waals surface area contributed by atoms with Gasteiger partial charge in [0.1, 0.15) is 5.75 Å². The first-order valence-corrected chi connectivity index (χ1v) is 5.77. The molecular formula is C11H17BrN2O. The van der Waals surface area contributed by atoms with Gasteiger partial charge in [0.2, 0.25) is 0 Å². The highest BCUT2D eigenvalue weighted by Crippen LogP contribution is 2.28. The highest BCUT2D eigenvalue weighted by atomic mass is 79.9. The van der Waals surface area contributed by atoms with Gasteiger partial charge in [0.05, 0.1) is 11.6 Å². The Balaban J connectivity index is 2.73. The standard InChI is InChI=1S/C11H17BrN2O/c1-15-11-5-4-8(7-9(11)12)10(14)3-2-6-13/h4-5,7,10H,2-3,6,13-14H2,1H3/t10-/m0/s1. The molecule has 3 nitrogen and oxygen atoms in total. The molecule has 0 amide bonds. The van der Waals surface area contributed by atoms with Crippen LogP contribution in [-0.2, 0) is 0 Å². The van der Waals surface area contributed by atoms with Gasteiger partial charge < -0.3 is 16.2 Å². The van der Waals surface area contributed by atoms with Gasteiger partial charge in [0.25, 0.3) is 0 Å². The summed E-state index contributed by atoms with van der Waals surface area (Å²) < 4.78 is 6.09. The zero-order chi connectivity index (χ0) is 11.3. The molecule has 0 heterocycles. The summed E-state index contributed by atoms with van der Waals surface area (Å²) in [6, 6.07) is 5.96. The molecule has 0 aliphatic heterocycles. The number of hydrogen-bond acceptors (Lipinski definition) is 3. The van der Waals surface area contributed by atoms with Crippen molar-refractivity contribution in [1.29, 1.82) is 0 Å². The first kappa shape index (κ1) is 12.5. The molecule has 0 spiro atoms. The molecule has 0 fully saturated rings. The Kier molecular flexibility index (Phi) is 5.08. The van der Waals surface area contributed by atoms with Crippen molar-refractivity contribution in [3.05, 3.63) is 28.2 Å². The minimum atomic E-state index is 0.0516. The highest BCUT2D eigenvalue weighted by molar-refractivity contribution is 9.10. The molecule has 84 valence electrons. The van der Waals surface area contributed by atoms with Crippen LogP contribution in [0.25, 0.3) is 0 Å². The Labute approximate surface area is 98.9 Å². The molecule has 0 radical (unpaired) electrons. The number of halogens is 1. The van der Waals surface area contributed by atoms with E-state index < -0.39 is 0 Å². The average molecular weight is 273 g/mol. The maximum atomic E-state index is 6.02. The van der Waals surface area contributed by atoms with Crippen LogP contribution in [0, 0.1) is 0 Å². The Morgan fingerprint density at radius 1 is 1.47 bits per heavy atom. The SMILES string of the molecule is COc1ccc([C@@H](N)CCCN)cc1Br. The molecule has 0 unspecified atom stereocenters. The van der Waals surface area contributed by atoms with Gasteiger partial charge in [0.15, 0.2) is 0 Å². The lowest BCUT2D eigenvalue weighted by molar-refractivity contribution is 0.411. The topological polar surface area (TPSA) is 61.3 Å². The van der Waals surface area contributed by atoms with Gasteiger partial charge in [-0.1, -0.05) is 6.07 Å². The first-order valence-electron chi connectivity index (χ1n) is 4.98. The molecule has 15 heavy (non-hydrogen) atoms. The van der Waals surface area contributed by atoms with Crippen molar-refractivity contribution in [3.63, 3.8) is 0 Å². The molecule has 0 aliphatic rings. The summed E-state index contributed by atoms with van der Waals surface area (Å²) in [5.74, 6) is 0.824. The molecule has 0 aliphatic carbocycles. The third-order valence-electron chi connectivity index (χ3n) is 2.32. The van der Waals surface area contributed by atoms with Gasteiger partial charge >= 0.3 is 0 Å². The van der Waals surface area contributed by atoms with E-state index in [1.54, 1.807) is 7.11 Å². The third-order valence-corrected chi connectivity index (χ3v) is 2.94. The second-order valence-corrected chi connectivity index (χ2v) is 4.29. The number of methoxy groups -OCH3 is 1. The number of hydrogen-bond donors (Lipinski definition) is 2. The molecule has 1 aromatic rings. The monoisotopic (exact) mass is 272 g/mol. The molecule has 4 heteroatoms. The second kappa shape index (κ2) is 6.10. The molecule has 0 aromatic heterocycles. The summed E-state index contributed by atoms with van der Waals surface area (Å²) in [6.07, 6.45) is 1.86. The Bertz CT molecular complexity index is 317. The van der Waals surface area contributed by atoms with E-state index in [1.807, 2.05) is 18.2 Å². The van der Waals surface area contributed by atoms with Gasteiger partial charge in [-0.05, 0) is 53.0 Å². The van der Waals surface area contributed by atoms with Crippen molar-refractivity contribution in [2.75, 3.05) is 13.7 Å². The lowest BCUT2D eigenvalue weighted by Crippen LogP contribution is -2.12. The average Bonchev–Trinajstić information content (AvgIpc) is 2.25. The van der Waals surface area contributed by atoms with E-state index in [-0.39, 0.29) is 6.04 Å². The number of ether oxygens (including phenoxy) is 1. The second-order valence-electron chi connectivity index (χ2n) is 3.43. The van der Waals surface area contributed by atoms with E-state index in [0.29, 0.717) is 6.54 Å². The van der Waals surface area contributed by atoms with Crippen LogP contribution in [0.2, 0.25) is 0 Å². The Morgan fingerprint density at radius 3 is 2.73 bits per heavy atom. The van der Waals surface area contributed by atoms with Crippen molar-refractivity contribution in [2.24, 2.45) is 11.5 Å². The minimum Gasteiger partial charge on any atom is -0.496 e. The van der Waals surface area contributed by atoms with Crippen molar-refractivity contribution < 1.29 is 4.74 Å². The largest absolute Gasteiger partial charge is 0.496 e. The van der Waals surface area contributed by atoms with Crippen molar-refractivity contribution >= 4 is 15.9 Å². The lowest BCUT2D eigenvalue weighted by Gasteiger charge is -2.13. The van der Waals surface area contributed by atoms with Crippen LogP contribution in [0.3, 0.4) is 0 Å². The maximum Gasteiger partial charge on any atom is 0.133 e. The molecule has 4 N–H and O–H groups in total. The molecular weight excluding hydrogens is 256 g/mol. The van der Waals surface area contributed by atoms with E-state index >= 15 is 0 Å². The van der Waals surface area contributed by atoms with Crippen LogP contribution in [0.5, 0.6) is 5.75 Å². The normalized spacial score (nSPS) is 12.5. The molecule has 1 atom stereocenters. The van der Waals surface area contributed by atoms with Crippen LogP contribution in [0.15, 0.2) is 22.7 Å². The van der Waals surface area contributed by atoms with Gasteiger partial charge in [-0.15, -0.1) is 0 Å². The maximum absolute atomic E-state index is 6.02. The molecule has 0 saturated carbocycles. The van der Waals surface area contributed by atoms with Gasteiger partial charge in [-0.2, -0.15) is 0 Å². The summed E-state index contributed by atoms with van der Waals surface area (Å²) in [4.78, 5) is 0. The minimum absolute atomic E-state index is 0.0516. The van der Waals surface area contributed by atoms with Crippen LogP contribution >= 0.6 is 15.9 Å². The van der Waals surface area contributed by atoms with E-state index in [1.165, 1.54) is 0 Å².